The van der Waals surface area contributed by atoms with Gasteiger partial charge >= 0.3 is 0 Å². The summed E-state index contributed by atoms with van der Waals surface area (Å²) in [6, 6.07) is 0. The first-order valence-electron chi connectivity index (χ1n) is 3.45. The van der Waals surface area contributed by atoms with Crippen LogP contribution in [0.1, 0.15) is 6.42 Å². The zero-order valence-electron chi connectivity index (χ0n) is 5.92. The monoisotopic (exact) mass is 164 g/mol. The molecule has 0 aromatic rings. The molecule has 4 atom stereocenters. The molecule has 5 heteroatoms. The predicted molar refractivity (Wildman–Crippen MR) is 34.6 cm³/mol. The number of hydrogen-bond donors (Lipinski definition) is 4. The molecule has 0 bridgehead atoms. The molecular formula is C6H12O5. The molecule has 0 unspecified atom stereocenters. The molecule has 0 aromatic carbocycles. The normalized spacial score (nSPS) is 45.8. The van der Waals surface area contributed by atoms with Crippen molar-refractivity contribution in [3.63, 3.8) is 0 Å². The van der Waals surface area contributed by atoms with Crippen LogP contribution in [0.5, 0.6) is 0 Å². The Kier molecular flexibility index (Phi) is 2.80. The van der Waals surface area contributed by atoms with E-state index in [1.54, 1.807) is 0 Å². The number of ether oxygens (including phenoxy) is 1. The summed E-state index contributed by atoms with van der Waals surface area (Å²) in [5.41, 5.74) is 0. The van der Waals surface area contributed by atoms with Gasteiger partial charge in [-0.3, -0.25) is 0 Å². The van der Waals surface area contributed by atoms with E-state index < -0.39 is 24.6 Å². The van der Waals surface area contributed by atoms with E-state index in [1.807, 2.05) is 0 Å². The molecular weight excluding hydrogens is 152 g/mol. The van der Waals surface area contributed by atoms with Crippen LogP contribution in [0.2, 0.25) is 0 Å². The summed E-state index contributed by atoms with van der Waals surface area (Å²) in [4.78, 5) is 0. The third kappa shape index (κ3) is 1.88. The van der Waals surface area contributed by atoms with Gasteiger partial charge in [0.2, 0.25) is 0 Å². The molecule has 66 valence electrons. The van der Waals surface area contributed by atoms with Gasteiger partial charge in [-0.25, -0.2) is 0 Å². The van der Waals surface area contributed by atoms with Crippen LogP contribution < -0.4 is 0 Å². The molecule has 1 saturated heterocycles. The Morgan fingerprint density at radius 3 is 2.36 bits per heavy atom. The van der Waals surface area contributed by atoms with Crippen molar-refractivity contribution >= 4 is 0 Å². The number of hydrogen-bond acceptors (Lipinski definition) is 5. The van der Waals surface area contributed by atoms with E-state index in [2.05, 4.69) is 0 Å². The van der Waals surface area contributed by atoms with Gasteiger partial charge < -0.3 is 25.2 Å². The Balaban J connectivity index is 2.47. The Bertz CT molecular complexity index is 116. The maximum absolute atomic E-state index is 9.05. The van der Waals surface area contributed by atoms with Crippen LogP contribution in [-0.2, 0) is 4.74 Å². The topological polar surface area (TPSA) is 90.2 Å². The highest BCUT2D eigenvalue weighted by atomic mass is 16.6. The Labute approximate surface area is 63.8 Å². The first kappa shape index (κ1) is 8.89. The SMILES string of the molecule is OC[C@@H]1C[C@H](O)[C@@H](O)[C@H](O)O1. The van der Waals surface area contributed by atoms with Gasteiger partial charge in [-0.2, -0.15) is 0 Å². The van der Waals surface area contributed by atoms with E-state index in [1.165, 1.54) is 0 Å². The highest BCUT2D eigenvalue weighted by molar-refractivity contribution is 4.79. The quantitative estimate of drug-likeness (QED) is 0.353. The zero-order chi connectivity index (χ0) is 8.43. The third-order valence-corrected chi connectivity index (χ3v) is 1.73. The van der Waals surface area contributed by atoms with Crippen LogP contribution in [0.15, 0.2) is 0 Å². The number of rotatable bonds is 1. The van der Waals surface area contributed by atoms with Crippen molar-refractivity contribution in [3.05, 3.63) is 0 Å². The zero-order valence-corrected chi connectivity index (χ0v) is 5.92. The van der Waals surface area contributed by atoms with Gasteiger partial charge in [-0.1, -0.05) is 0 Å². The lowest BCUT2D eigenvalue weighted by Gasteiger charge is -2.33. The highest BCUT2D eigenvalue weighted by Crippen LogP contribution is 2.17. The van der Waals surface area contributed by atoms with E-state index in [9.17, 15) is 0 Å². The van der Waals surface area contributed by atoms with Crippen molar-refractivity contribution in [3.8, 4) is 0 Å². The summed E-state index contributed by atoms with van der Waals surface area (Å²) >= 11 is 0. The molecule has 4 N–H and O–H groups in total. The minimum atomic E-state index is -1.39. The molecule has 0 spiro atoms. The second-order valence-corrected chi connectivity index (χ2v) is 2.62. The van der Waals surface area contributed by atoms with E-state index in [4.69, 9.17) is 25.2 Å². The van der Waals surface area contributed by atoms with Gasteiger partial charge in [0.25, 0.3) is 0 Å². The molecule has 1 rings (SSSR count). The summed E-state index contributed by atoms with van der Waals surface area (Å²) in [5, 5.41) is 35.5. The van der Waals surface area contributed by atoms with Crippen LogP contribution in [-0.4, -0.2) is 51.6 Å². The van der Waals surface area contributed by atoms with Crippen LogP contribution in [0.3, 0.4) is 0 Å². The summed E-state index contributed by atoms with van der Waals surface area (Å²) in [7, 11) is 0. The summed E-state index contributed by atoms with van der Waals surface area (Å²) < 4.78 is 4.71. The number of aliphatic hydroxyl groups excluding tert-OH is 4. The van der Waals surface area contributed by atoms with Gasteiger partial charge in [0, 0.05) is 6.42 Å². The van der Waals surface area contributed by atoms with E-state index in [0.717, 1.165) is 0 Å². The molecule has 0 aromatic heterocycles. The van der Waals surface area contributed by atoms with Gasteiger partial charge in [-0.05, 0) is 0 Å². The standard InChI is InChI=1S/C6H12O5/c7-2-3-1-4(8)5(9)6(10)11-3/h3-10H,1-2H2/t3-,4-,5+,6+/m0/s1. The predicted octanol–water partition coefficient (Wildman–Crippen LogP) is -2.19. The van der Waals surface area contributed by atoms with Gasteiger partial charge in [0.1, 0.15) is 6.10 Å². The first-order valence-corrected chi connectivity index (χ1v) is 3.45. The minimum Gasteiger partial charge on any atom is -0.394 e. The largest absolute Gasteiger partial charge is 0.394 e. The average Bonchev–Trinajstić information content (AvgIpc) is 1.99. The molecule has 11 heavy (non-hydrogen) atoms. The minimum absolute atomic E-state index is 0.148. The van der Waals surface area contributed by atoms with Crippen LogP contribution >= 0.6 is 0 Å². The fourth-order valence-electron chi connectivity index (χ4n) is 1.05. The third-order valence-electron chi connectivity index (χ3n) is 1.73. The Hall–Kier alpha value is -0.200. The molecule has 1 heterocycles. The smallest absolute Gasteiger partial charge is 0.183 e. The maximum Gasteiger partial charge on any atom is 0.183 e. The molecule has 0 saturated carbocycles. The fourth-order valence-corrected chi connectivity index (χ4v) is 1.05. The lowest BCUT2D eigenvalue weighted by atomic mass is 10.0. The van der Waals surface area contributed by atoms with Gasteiger partial charge in [0.05, 0.1) is 18.8 Å². The molecule has 0 amide bonds. The average molecular weight is 164 g/mol. The van der Waals surface area contributed by atoms with E-state index in [0.29, 0.717) is 0 Å². The molecule has 0 radical (unpaired) electrons. The van der Waals surface area contributed by atoms with Crippen LogP contribution in [0, 0.1) is 0 Å². The van der Waals surface area contributed by atoms with Crippen LogP contribution in [0.25, 0.3) is 0 Å². The lowest BCUT2D eigenvalue weighted by Crippen LogP contribution is -2.49. The summed E-state index contributed by atoms with van der Waals surface area (Å²) in [6.45, 7) is -0.263. The van der Waals surface area contributed by atoms with Crippen LogP contribution in [0.4, 0.5) is 0 Å². The van der Waals surface area contributed by atoms with Crippen molar-refractivity contribution in [2.45, 2.75) is 31.0 Å². The molecule has 0 aliphatic carbocycles. The molecule has 1 fully saturated rings. The highest BCUT2D eigenvalue weighted by Gasteiger charge is 2.34. The van der Waals surface area contributed by atoms with E-state index in [-0.39, 0.29) is 13.0 Å². The van der Waals surface area contributed by atoms with Crippen molar-refractivity contribution in [1.82, 2.24) is 0 Å². The lowest BCUT2D eigenvalue weighted by molar-refractivity contribution is -0.251. The first-order chi connectivity index (χ1) is 5.15. The van der Waals surface area contributed by atoms with Crippen molar-refractivity contribution < 1.29 is 25.2 Å². The second kappa shape index (κ2) is 3.46. The van der Waals surface area contributed by atoms with Gasteiger partial charge in [-0.15, -0.1) is 0 Å². The van der Waals surface area contributed by atoms with Crippen molar-refractivity contribution in [2.75, 3.05) is 6.61 Å². The molecule has 1 aliphatic rings. The molecule has 5 nitrogen and oxygen atoms in total. The Morgan fingerprint density at radius 2 is 1.91 bits per heavy atom. The fraction of sp³-hybridized carbons (Fsp3) is 1.00. The Morgan fingerprint density at radius 1 is 1.27 bits per heavy atom. The number of aliphatic hydroxyl groups is 4. The van der Waals surface area contributed by atoms with Crippen molar-refractivity contribution in [1.29, 1.82) is 0 Å². The molecule has 1 aliphatic heterocycles. The van der Waals surface area contributed by atoms with E-state index >= 15 is 0 Å². The van der Waals surface area contributed by atoms with Crippen molar-refractivity contribution in [2.24, 2.45) is 0 Å². The van der Waals surface area contributed by atoms with Gasteiger partial charge in [0.15, 0.2) is 6.29 Å². The summed E-state index contributed by atoms with van der Waals surface area (Å²) in [5.74, 6) is 0. The second-order valence-electron chi connectivity index (χ2n) is 2.62. The summed E-state index contributed by atoms with van der Waals surface area (Å²) in [6.07, 6.45) is -4.11. The maximum atomic E-state index is 9.05.